The fourth-order valence-corrected chi connectivity index (χ4v) is 2.96. The summed E-state index contributed by atoms with van der Waals surface area (Å²) in [6.45, 7) is 0.274. The van der Waals surface area contributed by atoms with Crippen LogP contribution in [-0.2, 0) is 24.3 Å². The molecule has 0 saturated carbocycles. The zero-order valence-corrected chi connectivity index (χ0v) is 10.5. The number of H-pyrrole nitrogens is 1. The van der Waals surface area contributed by atoms with E-state index < -0.39 is 22.1 Å². The Hall–Kier alpha value is -1.45. The quantitative estimate of drug-likeness (QED) is 0.708. The van der Waals surface area contributed by atoms with Crippen molar-refractivity contribution >= 4 is 16.0 Å². The van der Waals surface area contributed by atoms with Crippen molar-refractivity contribution in [3.63, 3.8) is 0 Å². The second-order valence-electron chi connectivity index (χ2n) is 3.66. The number of rotatable bonds is 3. The lowest BCUT2D eigenvalue weighted by atomic mass is 10.3. The van der Waals surface area contributed by atoms with E-state index in [1.165, 1.54) is 23.9 Å². The highest BCUT2D eigenvalue weighted by Gasteiger charge is 2.35. The summed E-state index contributed by atoms with van der Waals surface area (Å²) in [5.74, 6) is -0.584. The molecule has 0 radical (unpaired) electrons. The Morgan fingerprint density at radius 2 is 2.44 bits per heavy atom. The lowest BCUT2D eigenvalue weighted by Crippen LogP contribution is -2.48. The van der Waals surface area contributed by atoms with Gasteiger partial charge in [0, 0.05) is 6.54 Å². The second-order valence-corrected chi connectivity index (χ2v) is 5.57. The Morgan fingerprint density at radius 3 is 3.06 bits per heavy atom. The standard InChI is InChI=1S/C9H13N3O5S/c1-16-9(13)7-5-12(2-3-17-7)18(14,15)8-4-10-6-11-8/h4,6-7H,2-3,5H2,1H3,(H,10,11). The van der Waals surface area contributed by atoms with Crippen LogP contribution in [0.2, 0.25) is 0 Å². The number of morpholine rings is 1. The molecule has 9 heteroatoms. The second kappa shape index (κ2) is 5.04. The van der Waals surface area contributed by atoms with Gasteiger partial charge in [0.05, 0.1) is 32.8 Å². The molecule has 0 aliphatic carbocycles. The monoisotopic (exact) mass is 275 g/mol. The Balaban J connectivity index is 2.17. The van der Waals surface area contributed by atoms with Gasteiger partial charge in [-0.3, -0.25) is 0 Å². The predicted octanol–water partition coefficient (Wildman–Crippen LogP) is -1.03. The molecule has 1 saturated heterocycles. The molecule has 2 rings (SSSR count). The average molecular weight is 275 g/mol. The first kappa shape index (κ1) is 13.0. The van der Waals surface area contributed by atoms with Crippen molar-refractivity contribution in [3.8, 4) is 0 Å². The minimum atomic E-state index is -3.67. The van der Waals surface area contributed by atoms with Crippen molar-refractivity contribution in [1.29, 1.82) is 0 Å². The molecule has 0 aromatic carbocycles. The van der Waals surface area contributed by atoms with Gasteiger partial charge < -0.3 is 14.5 Å². The van der Waals surface area contributed by atoms with Crippen LogP contribution in [0.25, 0.3) is 0 Å². The lowest BCUT2D eigenvalue weighted by Gasteiger charge is -2.30. The Labute approximate surface area is 104 Å². The van der Waals surface area contributed by atoms with Crippen LogP contribution in [0.5, 0.6) is 0 Å². The molecule has 2 heterocycles. The van der Waals surface area contributed by atoms with E-state index in [-0.39, 0.29) is 24.7 Å². The fourth-order valence-electron chi connectivity index (χ4n) is 1.64. The summed E-state index contributed by atoms with van der Waals surface area (Å²) in [5.41, 5.74) is 0. The van der Waals surface area contributed by atoms with Crippen LogP contribution in [0, 0.1) is 0 Å². The van der Waals surface area contributed by atoms with Crippen LogP contribution in [0.1, 0.15) is 0 Å². The fraction of sp³-hybridized carbons (Fsp3) is 0.556. The molecular weight excluding hydrogens is 262 g/mol. The van der Waals surface area contributed by atoms with E-state index in [9.17, 15) is 13.2 Å². The third-order valence-corrected chi connectivity index (χ3v) is 4.37. The van der Waals surface area contributed by atoms with Crippen LogP contribution in [0.4, 0.5) is 0 Å². The first-order valence-corrected chi connectivity index (χ1v) is 6.67. The van der Waals surface area contributed by atoms with Crippen molar-refractivity contribution in [3.05, 3.63) is 12.5 Å². The topological polar surface area (TPSA) is 102 Å². The number of esters is 1. The maximum atomic E-state index is 12.2. The van der Waals surface area contributed by atoms with E-state index in [0.29, 0.717) is 0 Å². The van der Waals surface area contributed by atoms with Crippen molar-refractivity contribution in [2.24, 2.45) is 0 Å². The summed E-state index contributed by atoms with van der Waals surface area (Å²) in [4.78, 5) is 17.5. The minimum absolute atomic E-state index is 0.00647. The largest absolute Gasteiger partial charge is 0.467 e. The first-order valence-electron chi connectivity index (χ1n) is 5.23. The summed E-state index contributed by atoms with van der Waals surface area (Å²) < 4.78 is 35.2. The Morgan fingerprint density at radius 1 is 1.67 bits per heavy atom. The number of sulfonamides is 1. The number of methoxy groups -OCH3 is 1. The zero-order valence-electron chi connectivity index (χ0n) is 9.70. The highest BCUT2D eigenvalue weighted by Crippen LogP contribution is 2.16. The lowest BCUT2D eigenvalue weighted by molar-refractivity contribution is -0.157. The van der Waals surface area contributed by atoms with Gasteiger partial charge in [0.15, 0.2) is 11.1 Å². The molecule has 1 aliphatic heterocycles. The molecule has 1 unspecified atom stereocenters. The summed E-state index contributed by atoms with van der Waals surface area (Å²) in [7, 11) is -2.44. The van der Waals surface area contributed by atoms with Gasteiger partial charge in [-0.05, 0) is 0 Å². The molecule has 1 atom stereocenters. The number of aromatic nitrogens is 2. The number of ether oxygens (including phenoxy) is 2. The van der Waals surface area contributed by atoms with Gasteiger partial charge in [-0.25, -0.2) is 18.2 Å². The molecule has 1 fully saturated rings. The van der Waals surface area contributed by atoms with E-state index in [0.717, 1.165) is 0 Å². The van der Waals surface area contributed by atoms with Gasteiger partial charge in [0.25, 0.3) is 10.0 Å². The van der Waals surface area contributed by atoms with Gasteiger partial charge in [0.1, 0.15) is 0 Å². The summed E-state index contributed by atoms with van der Waals surface area (Å²) >= 11 is 0. The average Bonchev–Trinajstić information content (AvgIpc) is 2.92. The number of carbonyl (C=O) groups is 1. The number of aromatic amines is 1. The van der Waals surface area contributed by atoms with Crippen LogP contribution in [-0.4, -0.2) is 61.6 Å². The van der Waals surface area contributed by atoms with Gasteiger partial charge in [-0.15, -0.1) is 0 Å². The molecule has 0 amide bonds. The van der Waals surface area contributed by atoms with E-state index in [4.69, 9.17) is 4.74 Å². The van der Waals surface area contributed by atoms with Crippen LogP contribution >= 0.6 is 0 Å². The van der Waals surface area contributed by atoms with E-state index in [1.54, 1.807) is 0 Å². The minimum Gasteiger partial charge on any atom is -0.467 e. The number of nitrogens with zero attached hydrogens (tertiary/aromatic N) is 2. The third-order valence-electron chi connectivity index (χ3n) is 2.58. The number of hydrogen-bond acceptors (Lipinski definition) is 6. The van der Waals surface area contributed by atoms with Gasteiger partial charge in [0.2, 0.25) is 0 Å². The maximum absolute atomic E-state index is 12.2. The maximum Gasteiger partial charge on any atom is 0.336 e. The van der Waals surface area contributed by atoms with E-state index in [1.807, 2.05) is 0 Å². The normalized spacial score (nSPS) is 21.7. The van der Waals surface area contributed by atoms with Crippen molar-refractivity contribution in [1.82, 2.24) is 14.3 Å². The molecule has 1 aromatic rings. The van der Waals surface area contributed by atoms with Crippen molar-refractivity contribution in [2.75, 3.05) is 26.8 Å². The molecule has 1 aliphatic rings. The highest BCUT2D eigenvalue weighted by molar-refractivity contribution is 7.89. The summed E-state index contributed by atoms with van der Waals surface area (Å²) in [6, 6.07) is 0. The van der Waals surface area contributed by atoms with Crippen LogP contribution in [0.15, 0.2) is 17.6 Å². The zero-order chi connectivity index (χ0) is 13.2. The van der Waals surface area contributed by atoms with E-state index >= 15 is 0 Å². The molecule has 8 nitrogen and oxygen atoms in total. The van der Waals surface area contributed by atoms with Crippen LogP contribution < -0.4 is 0 Å². The highest BCUT2D eigenvalue weighted by atomic mass is 32.2. The van der Waals surface area contributed by atoms with Gasteiger partial charge in [-0.2, -0.15) is 4.31 Å². The number of nitrogens with one attached hydrogen (secondary N) is 1. The van der Waals surface area contributed by atoms with Crippen LogP contribution in [0.3, 0.4) is 0 Å². The third kappa shape index (κ3) is 2.37. The molecule has 0 bridgehead atoms. The Bertz CT molecular complexity index is 512. The van der Waals surface area contributed by atoms with Gasteiger partial charge >= 0.3 is 5.97 Å². The van der Waals surface area contributed by atoms with Gasteiger partial charge in [-0.1, -0.05) is 0 Å². The molecule has 0 spiro atoms. The summed E-state index contributed by atoms with van der Waals surface area (Å²) in [5, 5.41) is -0.00647. The first-order chi connectivity index (χ1) is 8.55. The molecular formula is C9H13N3O5S. The molecule has 1 N–H and O–H groups in total. The number of imidazole rings is 1. The smallest absolute Gasteiger partial charge is 0.336 e. The molecule has 100 valence electrons. The number of hydrogen-bond donors (Lipinski definition) is 1. The SMILES string of the molecule is COC(=O)C1CN(S(=O)(=O)c2cnc[nH]2)CCO1. The predicted molar refractivity (Wildman–Crippen MR) is 59.1 cm³/mol. The summed E-state index contributed by atoms with van der Waals surface area (Å²) in [6.07, 6.45) is 1.62. The van der Waals surface area contributed by atoms with Crippen molar-refractivity contribution in [2.45, 2.75) is 11.1 Å². The molecule has 18 heavy (non-hydrogen) atoms. The molecule has 1 aromatic heterocycles. The van der Waals surface area contributed by atoms with Crippen molar-refractivity contribution < 1.29 is 22.7 Å². The Kier molecular flexibility index (Phi) is 3.64. The van der Waals surface area contributed by atoms with E-state index in [2.05, 4.69) is 14.7 Å². The number of carbonyl (C=O) groups excluding carboxylic acids is 1.